The summed E-state index contributed by atoms with van der Waals surface area (Å²) in [5.74, 6) is -0.411. The van der Waals surface area contributed by atoms with Crippen molar-refractivity contribution in [3.8, 4) is 0 Å². The lowest BCUT2D eigenvalue weighted by Crippen LogP contribution is -2.55. The minimum Gasteiger partial charge on any atom is -0.333 e. The van der Waals surface area contributed by atoms with E-state index in [9.17, 15) is 18.0 Å². The van der Waals surface area contributed by atoms with E-state index >= 15 is 0 Å². The fourth-order valence-corrected chi connectivity index (χ4v) is 6.03. The Morgan fingerprint density at radius 2 is 1.82 bits per heavy atom. The summed E-state index contributed by atoms with van der Waals surface area (Å²) in [5.41, 5.74) is 1.10. The summed E-state index contributed by atoms with van der Waals surface area (Å²) in [7, 11) is -3.90. The smallest absolute Gasteiger partial charge is 0.272 e. The Morgan fingerprint density at radius 3 is 2.54 bits per heavy atom. The number of sulfonamides is 1. The van der Waals surface area contributed by atoms with E-state index in [0.29, 0.717) is 41.9 Å². The van der Waals surface area contributed by atoms with Crippen LogP contribution in [-0.2, 0) is 10.0 Å². The highest BCUT2D eigenvalue weighted by atomic mass is 32.2. The molecule has 1 saturated heterocycles. The molecule has 2 aliphatic rings. The molecule has 2 atom stereocenters. The number of carbonyl (C=O) groups is 2. The van der Waals surface area contributed by atoms with Crippen LogP contribution < -0.4 is 15.3 Å². The van der Waals surface area contributed by atoms with E-state index < -0.39 is 10.0 Å². The van der Waals surface area contributed by atoms with Gasteiger partial charge in [-0.3, -0.25) is 24.3 Å². The predicted molar refractivity (Wildman–Crippen MR) is 148 cm³/mol. The van der Waals surface area contributed by atoms with Gasteiger partial charge in [0.1, 0.15) is 10.6 Å². The summed E-state index contributed by atoms with van der Waals surface area (Å²) < 4.78 is 29.0. The van der Waals surface area contributed by atoms with Crippen molar-refractivity contribution in [3.05, 3.63) is 101 Å². The molecule has 3 heterocycles. The van der Waals surface area contributed by atoms with Gasteiger partial charge in [-0.25, -0.2) is 8.42 Å². The monoisotopic (exact) mass is 543 g/mol. The topological polar surface area (TPSA) is 112 Å². The number of pyridine rings is 1. The number of rotatable bonds is 6. The average molecular weight is 544 g/mol. The van der Waals surface area contributed by atoms with Crippen LogP contribution in [0.2, 0.25) is 0 Å². The van der Waals surface area contributed by atoms with E-state index in [4.69, 9.17) is 0 Å². The zero-order valence-electron chi connectivity index (χ0n) is 21.5. The second-order valence-electron chi connectivity index (χ2n) is 9.56. The maximum Gasteiger partial charge on any atom is 0.272 e. The van der Waals surface area contributed by atoms with Crippen LogP contribution in [0.1, 0.15) is 34.2 Å². The molecule has 10 heteroatoms. The van der Waals surface area contributed by atoms with Gasteiger partial charge in [0.25, 0.3) is 21.8 Å². The lowest BCUT2D eigenvalue weighted by Gasteiger charge is -2.40. The van der Waals surface area contributed by atoms with Gasteiger partial charge in [-0.15, -0.1) is 6.58 Å². The molecule has 1 N–H and O–H groups in total. The Balaban J connectivity index is 1.29. The fourth-order valence-electron chi connectivity index (χ4n) is 4.79. The molecule has 39 heavy (non-hydrogen) atoms. The van der Waals surface area contributed by atoms with Crippen LogP contribution in [0.15, 0.2) is 89.4 Å². The van der Waals surface area contributed by atoms with Crippen LogP contribution in [0, 0.1) is 0 Å². The molecule has 2 aliphatic heterocycles. The van der Waals surface area contributed by atoms with Crippen molar-refractivity contribution in [2.24, 2.45) is 4.99 Å². The normalized spacial score (nSPS) is 18.8. The van der Waals surface area contributed by atoms with Gasteiger partial charge in [0, 0.05) is 37.1 Å². The van der Waals surface area contributed by atoms with Gasteiger partial charge >= 0.3 is 0 Å². The maximum absolute atomic E-state index is 13.3. The predicted octanol–water partition coefficient (Wildman–Crippen LogP) is 2.23. The number of hydrogen-bond acceptors (Lipinski definition) is 6. The van der Waals surface area contributed by atoms with Crippen molar-refractivity contribution in [1.82, 2.24) is 14.8 Å². The number of anilines is 1. The standard InChI is InChI=1S/C29H29N5O4S/c1-3-24-19-33(29(36)25-8-4-5-16-30-25)17-18-34(24)28(35)22-12-14-23(15-13-22)32-39(37,38)26-9-6-7-21-11-10-20(2)31-27(21)26/h3-9,11-16,20,24,32H,1,10,17-19H2,2H3. The molecule has 0 spiro atoms. The van der Waals surface area contributed by atoms with Crippen molar-refractivity contribution in [2.45, 2.75) is 30.3 Å². The third-order valence-corrected chi connectivity index (χ3v) is 8.27. The third kappa shape index (κ3) is 5.46. The highest BCUT2D eigenvalue weighted by Crippen LogP contribution is 2.20. The quantitative estimate of drug-likeness (QED) is 0.480. The first-order valence-corrected chi connectivity index (χ1v) is 14.2. The van der Waals surface area contributed by atoms with Gasteiger partial charge in [-0.2, -0.15) is 0 Å². The van der Waals surface area contributed by atoms with E-state index in [2.05, 4.69) is 21.3 Å². The van der Waals surface area contributed by atoms with Gasteiger partial charge in [-0.05, 0) is 61.0 Å². The number of hydrogen-bond donors (Lipinski definition) is 1. The Morgan fingerprint density at radius 1 is 1.03 bits per heavy atom. The van der Waals surface area contributed by atoms with E-state index in [1.807, 2.05) is 19.1 Å². The van der Waals surface area contributed by atoms with Gasteiger partial charge in [0.05, 0.1) is 17.4 Å². The maximum atomic E-state index is 13.3. The van der Waals surface area contributed by atoms with Crippen molar-refractivity contribution >= 4 is 33.6 Å². The Labute approximate surface area is 227 Å². The molecular formula is C29H29N5O4S. The minimum atomic E-state index is -3.90. The number of benzene rings is 2. The molecular weight excluding hydrogens is 514 g/mol. The number of amides is 2. The van der Waals surface area contributed by atoms with Crippen LogP contribution in [-0.4, -0.2) is 66.7 Å². The lowest BCUT2D eigenvalue weighted by molar-refractivity contribution is 0.0450. The number of aromatic nitrogens is 1. The largest absolute Gasteiger partial charge is 0.333 e. The lowest BCUT2D eigenvalue weighted by atomic mass is 10.1. The van der Waals surface area contributed by atoms with E-state index in [0.717, 1.165) is 11.6 Å². The Hall–Kier alpha value is -4.31. The minimum absolute atomic E-state index is 0.00790. The molecule has 9 nitrogen and oxygen atoms in total. The van der Waals surface area contributed by atoms with Gasteiger partial charge in [0.2, 0.25) is 0 Å². The van der Waals surface area contributed by atoms with Crippen LogP contribution in [0.5, 0.6) is 0 Å². The van der Waals surface area contributed by atoms with Crippen LogP contribution >= 0.6 is 0 Å². The molecule has 0 bridgehead atoms. The molecule has 1 aromatic heterocycles. The number of fused-ring (bicyclic) bond motifs is 1. The van der Waals surface area contributed by atoms with Crippen LogP contribution in [0.25, 0.3) is 6.08 Å². The molecule has 3 aromatic rings. The first kappa shape index (κ1) is 26.3. The zero-order valence-corrected chi connectivity index (χ0v) is 22.3. The molecule has 1 fully saturated rings. The second kappa shape index (κ2) is 10.8. The fraction of sp³-hybridized carbons (Fsp3) is 0.241. The highest BCUT2D eigenvalue weighted by Gasteiger charge is 2.32. The summed E-state index contributed by atoms with van der Waals surface area (Å²) >= 11 is 0. The third-order valence-electron chi connectivity index (χ3n) is 6.85. The molecule has 0 radical (unpaired) electrons. The van der Waals surface area contributed by atoms with E-state index in [1.54, 1.807) is 76.7 Å². The Kier molecular flexibility index (Phi) is 7.30. The first-order valence-electron chi connectivity index (χ1n) is 12.7. The van der Waals surface area contributed by atoms with E-state index in [1.165, 1.54) is 0 Å². The molecule has 0 saturated carbocycles. The summed E-state index contributed by atoms with van der Waals surface area (Å²) in [6.45, 7) is 6.82. The highest BCUT2D eigenvalue weighted by molar-refractivity contribution is 7.92. The number of para-hydroxylation sites is 1. The summed E-state index contributed by atoms with van der Waals surface area (Å²) in [4.78, 5) is 38.3. The van der Waals surface area contributed by atoms with E-state index in [-0.39, 0.29) is 28.8 Å². The molecule has 200 valence electrons. The molecule has 2 amide bonds. The zero-order chi connectivity index (χ0) is 27.6. The summed E-state index contributed by atoms with van der Waals surface area (Å²) in [6.07, 6.45) is 5.99. The van der Waals surface area contributed by atoms with Gasteiger partial charge in [0.15, 0.2) is 0 Å². The molecule has 0 aliphatic carbocycles. The van der Waals surface area contributed by atoms with Crippen LogP contribution in [0.4, 0.5) is 5.69 Å². The molecule has 5 rings (SSSR count). The summed E-state index contributed by atoms with van der Waals surface area (Å²) in [6, 6.07) is 16.2. The average Bonchev–Trinajstić information content (AvgIpc) is 2.96. The molecule has 2 unspecified atom stereocenters. The summed E-state index contributed by atoms with van der Waals surface area (Å²) in [5, 5.41) is 1.27. The number of carbonyl (C=O) groups excluding carboxylic acids is 2. The van der Waals surface area contributed by atoms with Crippen molar-refractivity contribution in [1.29, 1.82) is 0 Å². The SMILES string of the molecule is C=CC1CN(C(=O)c2ccccn2)CCN1C(=O)c1ccc(NS(=O)(=O)c2cccc3c2=NC(C)CC=3)cc1. The Bertz CT molecular complexity index is 1640. The van der Waals surface area contributed by atoms with Crippen molar-refractivity contribution in [3.63, 3.8) is 0 Å². The number of piperazine rings is 1. The first-order chi connectivity index (χ1) is 18.8. The molecule has 2 aromatic carbocycles. The van der Waals surface area contributed by atoms with Gasteiger partial charge < -0.3 is 9.80 Å². The second-order valence-corrected chi connectivity index (χ2v) is 11.2. The van der Waals surface area contributed by atoms with Crippen molar-refractivity contribution in [2.75, 3.05) is 24.4 Å². The van der Waals surface area contributed by atoms with Crippen molar-refractivity contribution < 1.29 is 18.0 Å². The van der Waals surface area contributed by atoms with Crippen LogP contribution in [0.3, 0.4) is 0 Å². The van der Waals surface area contributed by atoms with Gasteiger partial charge in [-0.1, -0.05) is 30.4 Å². The number of nitrogens with zero attached hydrogens (tertiary/aromatic N) is 4. The number of nitrogens with one attached hydrogen (secondary N) is 1.